The maximum Gasteiger partial charge on any atom is 0.179 e. The molecule has 0 saturated carbocycles. The van der Waals surface area contributed by atoms with Crippen molar-refractivity contribution in [3.05, 3.63) is 35.9 Å². The Labute approximate surface area is 116 Å². The first-order valence-corrected chi connectivity index (χ1v) is 7.06. The van der Waals surface area contributed by atoms with E-state index in [0.29, 0.717) is 12.1 Å². The van der Waals surface area contributed by atoms with Crippen LogP contribution in [0.4, 0.5) is 0 Å². The minimum absolute atomic E-state index is 0.0407. The SMILES string of the molecule is CC(C(=O)c1ccccc1)N1CC(C)N(C)C(C)C1. The molecule has 0 spiro atoms. The van der Waals surface area contributed by atoms with Gasteiger partial charge in [-0.25, -0.2) is 0 Å². The Hall–Kier alpha value is -1.19. The lowest BCUT2D eigenvalue weighted by Crippen LogP contribution is -2.58. The normalized spacial score (nSPS) is 27.2. The average Bonchev–Trinajstić information content (AvgIpc) is 2.43. The zero-order chi connectivity index (χ0) is 14.0. The number of Topliss-reactive ketones (excluding diaryl/α,β-unsaturated/α-hetero) is 1. The molecule has 3 nitrogen and oxygen atoms in total. The van der Waals surface area contributed by atoms with E-state index in [9.17, 15) is 4.79 Å². The van der Waals surface area contributed by atoms with Crippen molar-refractivity contribution in [2.24, 2.45) is 0 Å². The summed E-state index contributed by atoms with van der Waals surface area (Å²) in [6.07, 6.45) is 0. The van der Waals surface area contributed by atoms with Crippen molar-refractivity contribution >= 4 is 5.78 Å². The number of piperazine rings is 1. The van der Waals surface area contributed by atoms with Gasteiger partial charge in [-0.3, -0.25) is 14.6 Å². The number of rotatable bonds is 3. The molecule has 1 aliphatic rings. The summed E-state index contributed by atoms with van der Waals surface area (Å²) in [6.45, 7) is 8.39. The minimum Gasteiger partial charge on any atom is -0.298 e. The third-order valence-corrected chi connectivity index (χ3v) is 4.37. The van der Waals surface area contributed by atoms with Crippen LogP contribution in [-0.2, 0) is 0 Å². The molecule has 19 heavy (non-hydrogen) atoms. The van der Waals surface area contributed by atoms with Gasteiger partial charge in [-0.15, -0.1) is 0 Å². The second-order valence-electron chi connectivity index (χ2n) is 5.72. The highest BCUT2D eigenvalue weighted by Crippen LogP contribution is 2.18. The third kappa shape index (κ3) is 3.04. The number of nitrogens with zero attached hydrogens (tertiary/aromatic N) is 2. The summed E-state index contributed by atoms with van der Waals surface area (Å²) in [6, 6.07) is 10.6. The van der Waals surface area contributed by atoms with Gasteiger partial charge in [0.2, 0.25) is 0 Å². The Balaban J connectivity index is 2.08. The predicted octanol–water partition coefficient (Wildman–Crippen LogP) is 2.28. The maximum atomic E-state index is 12.5. The molecular formula is C16H24N2O. The Morgan fingerprint density at radius 1 is 1.16 bits per heavy atom. The van der Waals surface area contributed by atoms with Crippen LogP contribution in [0.1, 0.15) is 31.1 Å². The van der Waals surface area contributed by atoms with Gasteiger partial charge in [-0.1, -0.05) is 30.3 Å². The molecule has 3 atom stereocenters. The molecule has 3 heteroatoms. The second kappa shape index (κ2) is 5.85. The quantitative estimate of drug-likeness (QED) is 0.779. The van der Waals surface area contributed by atoms with Crippen LogP contribution < -0.4 is 0 Å². The third-order valence-electron chi connectivity index (χ3n) is 4.37. The second-order valence-corrected chi connectivity index (χ2v) is 5.72. The van der Waals surface area contributed by atoms with Crippen LogP contribution >= 0.6 is 0 Å². The van der Waals surface area contributed by atoms with Gasteiger partial charge in [-0.05, 0) is 27.8 Å². The average molecular weight is 260 g/mol. The van der Waals surface area contributed by atoms with Gasteiger partial charge in [0.1, 0.15) is 0 Å². The Bertz CT molecular complexity index is 420. The smallest absolute Gasteiger partial charge is 0.179 e. The summed E-state index contributed by atoms with van der Waals surface area (Å²) >= 11 is 0. The molecule has 3 unspecified atom stereocenters. The monoisotopic (exact) mass is 260 g/mol. The van der Waals surface area contributed by atoms with E-state index in [4.69, 9.17) is 0 Å². The van der Waals surface area contributed by atoms with Crippen molar-refractivity contribution in [1.82, 2.24) is 9.80 Å². The largest absolute Gasteiger partial charge is 0.298 e. The van der Waals surface area contributed by atoms with Crippen molar-refractivity contribution in [3.8, 4) is 0 Å². The summed E-state index contributed by atoms with van der Waals surface area (Å²) in [5.74, 6) is 0.226. The lowest BCUT2D eigenvalue weighted by molar-refractivity contribution is 0.0355. The van der Waals surface area contributed by atoms with E-state index in [1.54, 1.807) is 0 Å². The van der Waals surface area contributed by atoms with E-state index >= 15 is 0 Å². The molecule has 0 N–H and O–H groups in total. The number of hydrogen-bond acceptors (Lipinski definition) is 3. The first kappa shape index (κ1) is 14.2. The molecule has 104 valence electrons. The Kier molecular flexibility index (Phi) is 4.38. The molecule has 0 amide bonds. The molecule has 1 aromatic carbocycles. The standard InChI is InChI=1S/C16H24N2O/c1-12-10-18(11-13(2)17(12)4)14(3)16(19)15-8-6-5-7-9-15/h5-9,12-14H,10-11H2,1-4H3. The van der Waals surface area contributed by atoms with Crippen LogP contribution in [0, 0.1) is 0 Å². The van der Waals surface area contributed by atoms with E-state index in [2.05, 4.69) is 30.7 Å². The lowest BCUT2D eigenvalue weighted by Gasteiger charge is -2.44. The fraction of sp³-hybridized carbons (Fsp3) is 0.562. The summed E-state index contributed by atoms with van der Waals surface area (Å²) < 4.78 is 0. The molecule has 1 fully saturated rings. The molecule has 1 heterocycles. The highest BCUT2D eigenvalue weighted by atomic mass is 16.1. The van der Waals surface area contributed by atoms with Gasteiger partial charge in [-0.2, -0.15) is 0 Å². The fourth-order valence-corrected chi connectivity index (χ4v) is 2.77. The minimum atomic E-state index is -0.0407. The van der Waals surface area contributed by atoms with E-state index in [0.717, 1.165) is 18.7 Å². The van der Waals surface area contributed by atoms with Crippen LogP contribution in [0.2, 0.25) is 0 Å². The maximum absolute atomic E-state index is 12.5. The summed E-state index contributed by atoms with van der Waals surface area (Å²) in [5.41, 5.74) is 0.814. The number of hydrogen-bond donors (Lipinski definition) is 0. The van der Waals surface area contributed by atoms with Crippen molar-refractivity contribution in [3.63, 3.8) is 0 Å². The zero-order valence-corrected chi connectivity index (χ0v) is 12.3. The molecule has 2 rings (SSSR count). The van der Waals surface area contributed by atoms with Crippen LogP contribution in [0.25, 0.3) is 0 Å². The van der Waals surface area contributed by atoms with Crippen LogP contribution in [-0.4, -0.2) is 53.8 Å². The van der Waals surface area contributed by atoms with E-state index in [-0.39, 0.29) is 11.8 Å². The van der Waals surface area contributed by atoms with E-state index < -0.39 is 0 Å². The molecule has 1 aliphatic heterocycles. The molecule has 0 aromatic heterocycles. The Morgan fingerprint density at radius 2 is 1.68 bits per heavy atom. The van der Waals surface area contributed by atoms with Gasteiger partial charge in [0.05, 0.1) is 6.04 Å². The van der Waals surface area contributed by atoms with Gasteiger partial charge in [0.25, 0.3) is 0 Å². The molecular weight excluding hydrogens is 236 g/mol. The Morgan fingerprint density at radius 3 is 2.21 bits per heavy atom. The predicted molar refractivity (Wildman–Crippen MR) is 78.5 cm³/mol. The number of carbonyl (C=O) groups is 1. The van der Waals surface area contributed by atoms with Crippen LogP contribution in [0.15, 0.2) is 30.3 Å². The number of ketones is 1. The van der Waals surface area contributed by atoms with Crippen molar-refractivity contribution in [1.29, 1.82) is 0 Å². The first-order chi connectivity index (χ1) is 9.00. The molecule has 1 aromatic rings. The van der Waals surface area contributed by atoms with Gasteiger partial charge in [0.15, 0.2) is 5.78 Å². The lowest BCUT2D eigenvalue weighted by atomic mass is 10.0. The summed E-state index contributed by atoms with van der Waals surface area (Å²) in [7, 11) is 2.16. The topological polar surface area (TPSA) is 23.6 Å². The van der Waals surface area contributed by atoms with Crippen LogP contribution in [0.5, 0.6) is 0 Å². The fourth-order valence-electron chi connectivity index (χ4n) is 2.77. The van der Waals surface area contributed by atoms with E-state index in [1.807, 2.05) is 37.3 Å². The summed E-state index contributed by atoms with van der Waals surface area (Å²) in [5, 5.41) is 0. The van der Waals surface area contributed by atoms with Crippen molar-refractivity contribution in [2.75, 3.05) is 20.1 Å². The zero-order valence-electron chi connectivity index (χ0n) is 12.3. The number of benzene rings is 1. The molecule has 0 aliphatic carbocycles. The molecule has 0 bridgehead atoms. The van der Waals surface area contributed by atoms with Gasteiger partial charge < -0.3 is 0 Å². The van der Waals surface area contributed by atoms with Gasteiger partial charge in [0, 0.05) is 30.7 Å². The summed E-state index contributed by atoms with van der Waals surface area (Å²) in [4.78, 5) is 17.2. The molecule has 0 radical (unpaired) electrons. The first-order valence-electron chi connectivity index (χ1n) is 7.06. The van der Waals surface area contributed by atoms with E-state index in [1.165, 1.54) is 0 Å². The van der Waals surface area contributed by atoms with Crippen LogP contribution in [0.3, 0.4) is 0 Å². The van der Waals surface area contributed by atoms with Crippen molar-refractivity contribution in [2.45, 2.75) is 38.9 Å². The van der Waals surface area contributed by atoms with Crippen molar-refractivity contribution < 1.29 is 4.79 Å². The molecule has 1 saturated heterocycles. The number of carbonyl (C=O) groups excluding carboxylic acids is 1. The van der Waals surface area contributed by atoms with Gasteiger partial charge >= 0.3 is 0 Å². The number of likely N-dealkylation sites (N-methyl/N-ethyl adjacent to an activating group) is 1. The highest BCUT2D eigenvalue weighted by molar-refractivity contribution is 5.99. The highest BCUT2D eigenvalue weighted by Gasteiger charge is 2.31.